The molecule has 0 heterocycles. The van der Waals surface area contributed by atoms with Crippen molar-refractivity contribution in [3.05, 3.63) is 0 Å². The molecule has 9 N–H and O–H groups in total. The Morgan fingerprint density at radius 2 is 0.548 bits per heavy atom. The van der Waals surface area contributed by atoms with Crippen LogP contribution in [0.4, 0.5) is 0 Å². The molecule has 0 saturated carbocycles. The van der Waals surface area contributed by atoms with Crippen LogP contribution in [0.25, 0.3) is 0 Å². The highest BCUT2D eigenvalue weighted by atomic mass is 16.6. The van der Waals surface area contributed by atoms with E-state index >= 15 is 0 Å². The van der Waals surface area contributed by atoms with E-state index in [9.17, 15) is 72.9 Å². The van der Waals surface area contributed by atoms with Gasteiger partial charge in [-0.25, -0.2) is 0 Å². The summed E-state index contributed by atoms with van der Waals surface area (Å²) < 4.78 is 30.6. The minimum atomic E-state index is -0.910. The van der Waals surface area contributed by atoms with Crippen LogP contribution in [0.5, 0.6) is 0 Å². The normalized spacial score (nSPS) is 12.5. The molecule has 0 spiro atoms. The third-order valence-corrected chi connectivity index (χ3v) is 13.8. The summed E-state index contributed by atoms with van der Waals surface area (Å²) in [6.45, 7) is 17.7. The molecule has 6 atom stereocenters. The molecule has 0 aromatic heterocycles. The highest BCUT2D eigenvalue weighted by Gasteiger charge is 2.26. The molecule has 93 heavy (non-hydrogen) atoms. The Morgan fingerprint density at radius 1 is 0.280 bits per heavy atom. The van der Waals surface area contributed by atoms with Gasteiger partial charge in [0.25, 0.3) is 0 Å². The average molecular weight is 1330 g/mol. The van der Waals surface area contributed by atoms with Gasteiger partial charge in [0, 0.05) is 38.5 Å². The zero-order valence-electron chi connectivity index (χ0n) is 57.7. The molecular formula is C66H120N6O21. The number of esters is 6. The Balaban J connectivity index is -0.00000132. The lowest BCUT2D eigenvalue weighted by Gasteiger charge is -2.23. The Morgan fingerprint density at radius 3 is 0.828 bits per heavy atom. The Kier molecular flexibility index (Phi) is 61.4. The highest BCUT2D eigenvalue weighted by molar-refractivity contribution is 5.95. The van der Waals surface area contributed by atoms with Gasteiger partial charge in [-0.1, -0.05) is 120 Å². The average Bonchev–Trinajstić information content (AvgIpc) is 2.48. The van der Waals surface area contributed by atoms with E-state index in [2.05, 4.69) is 45.7 Å². The number of aliphatic hydroxyl groups is 3. The molecule has 0 aliphatic heterocycles. The summed E-state index contributed by atoms with van der Waals surface area (Å²) in [5.41, 5.74) is 0. The zero-order chi connectivity index (χ0) is 70.5. The van der Waals surface area contributed by atoms with E-state index < -0.39 is 85.2 Å². The molecule has 0 fully saturated rings. The molecule has 0 aromatic rings. The van der Waals surface area contributed by atoms with E-state index in [1.54, 1.807) is 20.8 Å². The summed E-state index contributed by atoms with van der Waals surface area (Å²) in [5, 5.41) is 46.4. The van der Waals surface area contributed by atoms with Gasteiger partial charge in [0.1, 0.15) is 37.6 Å². The largest absolute Gasteiger partial charge is 0.465 e. The number of carbonyl (C=O) groups is 12. The quantitative estimate of drug-likeness (QED) is 0.00970. The van der Waals surface area contributed by atoms with Crippen LogP contribution in [0.3, 0.4) is 0 Å². The maximum absolute atomic E-state index is 12.1. The van der Waals surface area contributed by atoms with Crippen LogP contribution in [0.15, 0.2) is 0 Å². The van der Waals surface area contributed by atoms with Gasteiger partial charge in [0.05, 0.1) is 58.1 Å². The van der Waals surface area contributed by atoms with Gasteiger partial charge in [-0.3, -0.25) is 57.5 Å². The topological polar surface area (TPSA) is 393 Å². The molecule has 0 aliphatic rings. The van der Waals surface area contributed by atoms with Crippen LogP contribution in [-0.4, -0.2) is 163 Å². The van der Waals surface area contributed by atoms with Crippen LogP contribution in [0.1, 0.15) is 274 Å². The molecule has 540 valence electrons. The van der Waals surface area contributed by atoms with Gasteiger partial charge in [0.2, 0.25) is 35.4 Å². The number of hydrogen-bond donors (Lipinski definition) is 9. The molecule has 0 saturated heterocycles. The Labute approximate surface area is 553 Å². The molecule has 0 radical (unpaired) electrons. The molecule has 6 unspecified atom stereocenters. The van der Waals surface area contributed by atoms with Gasteiger partial charge in [-0.15, -0.1) is 0 Å². The summed E-state index contributed by atoms with van der Waals surface area (Å²) in [7, 11) is 0. The van der Waals surface area contributed by atoms with Crippen molar-refractivity contribution in [1.82, 2.24) is 31.9 Å². The van der Waals surface area contributed by atoms with Crippen LogP contribution in [0.2, 0.25) is 0 Å². The third-order valence-electron chi connectivity index (χ3n) is 13.8. The predicted octanol–water partition coefficient (Wildman–Crippen LogP) is 7.03. The summed E-state index contributed by atoms with van der Waals surface area (Å²) in [5.74, 6) is -5.01. The summed E-state index contributed by atoms with van der Waals surface area (Å²) in [6.07, 6.45) is 13.6. The second kappa shape index (κ2) is 62.9. The molecule has 0 aliphatic carbocycles. The molecular weight excluding hydrogens is 1210 g/mol. The van der Waals surface area contributed by atoms with E-state index in [1.807, 2.05) is 27.7 Å². The first-order chi connectivity index (χ1) is 44.5. The minimum Gasteiger partial charge on any atom is -0.465 e. The molecule has 27 heteroatoms. The Hall–Kier alpha value is -6.48. The lowest BCUT2D eigenvalue weighted by atomic mass is 10.0. The maximum atomic E-state index is 12.1. The van der Waals surface area contributed by atoms with Crippen LogP contribution < -0.4 is 31.9 Å². The highest BCUT2D eigenvalue weighted by Crippen LogP contribution is 2.20. The third kappa shape index (κ3) is 57.9. The second-order valence-corrected chi connectivity index (χ2v) is 22.4. The first kappa shape index (κ1) is 90.7. The van der Waals surface area contributed by atoms with Crippen molar-refractivity contribution in [2.24, 2.45) is 0 Å². The fourth-order valence-corrected chi connectivity index (χ4v) is 8.39. The number of amides is 6. The van der Waals surface area contributed by atoms with Crippen LogP contribution in [-0.2, 0) is 86.0 Å². The second-order valence-electron chi connectivity index (χ2n) is 22.4. The van der Waals surface area contributed by atoms with E-state index in [1.165, 1.54) is 0 Å². The van der Waals surface area contributed by atoms with Crippen molar-refractivity contribution in [3.63, 3.8) is 0 Å². The number of nitrogens with one attached hydrogen (secondary N) is 6. The van der Waals surface area contributed by atoms with Gasteiger partial charge in [-0.2, -0.15) is 0 Å². The first-order valence-corrected chi connectivity index (χ1v) is 34.2. The van der Waals surface area contributed by atoms with Gasteiger partial charge in [-0.05, 0) is 96.3 Å². The van der Waals surface area contributed by atoms with Crippen molar-refractivity contribution in [2.45, 2.75) is 311 Å². The smallest absolute Gasteiger partial charge is 0.317 e. The van der Waals surface area contributed by atoms with Gasteiger partial charge < -0.3 is 75.6 Å². The maximum Gasteiger partial charge on any atom is 0.317 e. The van der Waals surface area contributed by atoms with Crippen molar-refractivity contribution in [1.29, 1.82) is 0 Å². The monoisotopic (exact) mass is 1330 g/mol. The SMILES string of the molecule is CCCCCC(OC(=O)CC(=O)OCCC)C(O)CCCCC(=O)NCNC(=O)CC(=O)OCCC.CCCCCC(OC(=O)CC)C(O)CCCCC(=O)NCNC(=O)CC.CCCCCC(OC(=O)CC)C(O)CCCCC(=O)NCNC(=O)CC(=O)OCCC. The number of rotatable bonds is 54. The summed E-state index contributed by atoms with van der Waals surface area (Å²) in [4.78, 5) is 139. The number of ether oxygens (including phenoxy) is 6. The number of hydrogen-bond acceptors (Lipinski definition) is 21. The molecule has 0 aromatic carbocycles. The van der Waals surface area contributed by atoms with E-state index in [0.29, 0.717) is 116 Å². The minimum absolute atomic E-state index is 0.0617. The lowest BCUT2D eigenvalue weighted by Crippen LogP contribution is -2.38. The molecule has 6 amide bonds. The van der Waals surface area contributed by atoms with Crippen LogP contribution in [0, 0.1) is 0 Å². The van der Waals surface area contributed by atoms with Crippen molar-refractivity contribution >= 4 is 71.3 Å². The fraction of sp³-hybridized carbons (Fsp3) is 0.818. The number of aliphatic hydroxyl groups excluding tert-OH is 3. The number of carbonyl (C=O) groups excluding carboxylic acids is 12. The summed E-state index contributed by atoms with van der Waals surface area (Å²) in [6, 6.07) is 0. The van der Waals surface area contributed by atoms with Crippen LogP contribution >= 0.6 is 0 Å². The van der Waals surface area contributed by atoms with Crippen molar-refractivity contribution in [3.8, 4) is 0 Å². The molecule has 0 rings (SSSR count). The van der Waals surface area contributed by atoms with Gasteiger partial charge >= 0.3 is 35.8 Å². The predicted molar refractivity (Wildman–Crippen MR) is 347 cm³/mol. The Bertz CT molecular complexity index is 2070. The van der Waals surface area contributed by atoms with E-state index in [-0.39, 0.29) is 101 Å². The van der Waals surface area contributed by atoms with E-state index in [0.717, 1.165) is 57.8 Å². The zero-order valence-corrected chi connectivity index (χ0v) is 57.7. The van der Waals surface area contributed by atoms with Crippen molar-refractivity contribution in [2.75, 3.05) is 39.8 Å². The lowest BCUT2D eigenvalue weighted by molar-refractivity contribution is -0.163. The van der Waals surface area contributed by atoms with E-state index in [4.69, 9.17) is 28.4 Å². The standard InChI is InChI=1S/C25H44N2O9.C22H40N2O7.C19H36N2O5/c1-4-7-8-12-20(36-25(33)17-24(32)35-15-6-3)19(28)11-9-10-13-21(29)26-18-27-22(30)16-23(31)34-14-5-2;1-4-7-8-12-18(31-21(28)6-3)17(25)11-9-10-13-19(26)23-16-24-20(27)15-22(29)30-14-5-2;1-4-7-8-12-16(26-19(25)6-3)15(22)11-9-10-13-18(24)21-14-20-17(23)5-2/h19-20,28H,4-18H2,1-3H3,(H,26,29)(H,27,30);17-18,25H,4-16H2,1-3H3,(H,23,26)(H,24,27);15-16,22H,4-14H2,1-3H3,(H,20,23)(H,21,24). The molecule has 27 nitrogen and oxygen atoms in total. The first-order valence-electron chi connectivity index (χ1n) is 34.2. The fourth-order valence-electron chi connectivity index (χ4n) is 8.39. The molecule has 0 bridgehead atoms. The van der Waals surface area contributed by atoms with Gasteiger partial charge in [0.15, 0.2) is 0 Å². The van der Waals surface area contributed by atoms with Crippen molar-refractivity contribution < 1.29 is 101 Å². The number of unbranched alkanes of at least 4 members (excludes halogenated alkanes) is 9. The summed E-state index contributed by atoms with van der Waals surface area (Å²) >= 11 is 0.